The van der Waals surface area contributed by atoms with Crippen molar-refractivity contribution in [2.24, 2.45) is 0 Å². The van der Waals surface area contributed by atoms with E-state index in [1.54, 1.807) is 6.92 Å². The zero-order valence-corrected chi connectivity index (χ0v) is 19.3. The van der Waals surface area contributed by atoms with Crippen molar-refractivity contribution in [3.8, 4) is 11.4 Å². The number of aromatic nitrogens is 2. The maximum absolute atomic E-state index is 13.1. The van der Waals surface area contributed by atoms with Gasteiger partial charge in [-0.25, -0.2) is 8.42 Å². The van der Waals surface area contributed by atoms with Crippen molar-refractivity contribution < 1.29 is 17.9 Å². The fourth-order valence-corrected chi connectivity index (χ4v) is 5.43. The van der Waals surface area contributed by atoms with Gasteiger partial charge in [0.1, 0.15) is 0 Å². The molecule has 1 saturated heterocycles. The van der Waals surface area contributed by atoms with Crippen molar-refractivity contribution in [1.29, 1.82) is 0 Å². The molecular formula is C22H25N5O5S. The van der Waals surface area contributed by atoms with Crippen LogP contribution in [0.5, 0.6) is 0 Å². The largest absolute Gasteiger partial charge is 0.338 e. The van der Waals surface area contributed by atoms with E-state index in [9.17, 15) is 18.5 Å². The molecule has 4 rings (SSSR count). The summed E-state index contributed by atoms with van der Waals surface area (Å²) >= 11 is 0. The summed E-state index contributed by atoms with van der Waals surface area (Å²) in [6.45, 7) is 5.65. The zero-order valence-electron chi connectivity index (χ0n) is 18.5. The van der Waals surface area contributed by atoms with Gasteiger partial charge >= 0.3 is 0 Å². The van der Waals surface area contributed by atoms with Crippen LogP contribution in [0.2, 0.25) is 0 Å². The van der Waals surface area contributed by atoms with Crippen molar-refractivity contribution in [3.05, 3.63) is 69.6 Å². The number of aryl methyl sites for hydroxylation is 2. The van der Waals surface area contributed by atoms with E-state index in [2.05, 4.69) is 17.1 Å². The number of non-ortho nitro benzene ring substituents is 1. The molecule has 10 nitrogen and oxygen atoms in total. The highest BCUT2D eigenvalue weighted by molar-refractivity contribution is 7.89. The molecule has 0 atom stereocenters. The molecule has 0 bridgehead atoms. The molecule has 0 amide bonds. The summed E-state index contributed by atoms with van der Waals surface area (Å²) in [4.78, 5) is 17.0. The van der Waals surface area contributed by atoms with E-state index >= 15 is 0 Å². The highest BCUT2D eigenvalue weighted by Crippen LogP contribution is 2.26. The molecule has 0 radical (unpaired) electrons. The first-order valence-electron chi connectivity index (χ1n) is 10.7. The molecular weight excluding hydrogens is 446 g/mol. The molecule has 3 aromatic rings. The second-order valence-electron chi connectivity index (χ2n) is 7.95. The number of nitrogens with zero attached hydrogens (tertiary/aromatic N) is 5. The Balaban J connectivity index is 1.40. The molecule has 1 fully saturated rings. The van der Waals surface area contributed by atoms with Crippen LogP contribution in [0.15, 0.2) is 51.9 Å². The molecule has 0 N–H and O–H groups in total. The Morgan fingerprint density at radius 1 is 1.09 bits per heavy atom. The van der Waals surface area contributed by atoms with Crippen LogP contribution in [0.4, 0.5) is 5.69 Å². The van der Waals surface area contributed by atoms with E-state index in [1.165, 1.54) is 22.0 Å². The second kappa shape index (κ2) is 9.38. The van der Waals surface area contributed by atoms with E-state index < -0.39 is 14.9 Å². The van der Waals surface area contributed by atoms with E-state index in [4.69, 9.17) is 4.52 Å². The Morgan fingerprint density at radius 2 is 1.79 bits per heavy atom. The van der Waals surface area contributed by atoms with Crippen LogP contribution in [0.25, 0.3) is 11.4 Å². The van der Waals surface area contributed by atoms with Crippen LogP contribution in [0.3, 0.4) is 0 Å². The Labute approximate surface area is 192 Å². The van der Waals surface area contributed by atoms with Crippen LogP contribution in [-0.4, -0.2) is 58.9 Å². The molecule has 1 aliphatic heterocycles. The summed E-state index contributed by atoms with van der Waals surface area (Å²) in [5.74, 6) is 0.991. The van der Waals surface area contributed by atoms with Crippen molar-refractivity contribution in [2.45, 2.75) is 31.7 Å². The third kappa shape index (κ3) is 4.95. The van der Waals surface area contributed by atoms with Gasteiger partial charge < -0.3 is 4.52 Å². The molecule has 2 heterocycles. The number of nitro benzene ring substituents is 1. The van der Waals surface area contributed by atoms with Gasteiger partial charge in [-0.1, -0.05) is 42.4 Å². The minimum Gasteiger partial charge on any atom is -0.338 e. The molecule has 33 heavy (non-hydrogen) atoms. The van der Waals surface area contributed by atoms with Gasteiger partial charge in [-0.3, -0.25) is 15.0 Å². The third-order valence-electron chi connectivity index (χ3n) is 5.78. The highest BCUT2D eigenvalue weighted by atomic mass is 32.2. The molecule has 1 aliphatic rings. The Morgan fingerprint density at radius 3 is 2.42 bits per heavy atom. The molecule has 0 aliphatic carbocycles. The van der Waals surface area contributed by atoms with Crippen LogP contribution in [-0.2, 0) is 23.0 Å². The minimum absolute atomic E-state index is 0.0271. The fraction of sp³-hybridized carbons (Fsp3) is 0.364. The second-order valence-corrected chi connectivity index (χ2v) is 9.86. The maximum atomic E-state index is 13.1. The Kier molecular flexibility index (Phi) is 6.54. The van der Waals surface area contributed by atoms with Crippen molar-refractivity contribution in [3.63, 3.8) is 0 Å². The third-order valence-corrected chi connectivity index (χ3v) is 7.82. The molecule has 2 aromatic carbocycles. The van der Waals surface area contributed by atoms with E-state index in [0.29, 0.717) is 36.9 Å². The molecule has 174 valence electrons. The van der Waals surface area contributed by atoms with Gasteiger partial charge in [0.15, 0.2) is 0 Å². The molecule has 0 unspecified atom stereocenters. The molecule has 0 saturated carbocycles. The summed E-state index contributed by atoms with van der Waals surface area (Å²) in [6, 6.07) is 11.9. The molecule has 0 spiro atoms. The van der Waals surface area contributed by atoms with Crippen LogP contribution < -0.4 is 0 Å². The fourth-order valence-electron chi connectivity index (χ4n) is 3.76. The number of hydrogen-bond acceptors (Lipinski definition) is 8. The number of rotatable bonds is 7. The predicted octanol–water partition coefficient (Wildman–Crippen LogP) is 3.02. The van der Waals surface area contributed by atoms with Gasteiger partial charge in [-0.05, 0) is 24.5 Å². The first-order valence-corrected chi connectivity index (χ1v) is 12.1. The number of hydrogen-bond donors (Lipinski definition) is 0. The Hall–Kier alpha value is -3.15. The van der Waals surface area contributed by atoms with Gasteiger partial charge in [0.2, 0.25) is 21.7 Å². The van der Waals surface area contributed by atoms with Crippen molar-refractivity contribution in [2.75, 3.05) is 26.2 Å². The lowest BCUT2D eigenvalue weighted by atomic mass is 10.1. The zero-order chi connectivity index (χ0) is 23.6. The normalized spacial score (nSPS) is 15.6. The number of nitro groups is 1. The van der Waals surface area contributed by atoms with Gasteiger partial charge in [0.25, 0.3) is 5.69 Å². The summed E-state index contributed by atoms with van der Waals surface area (Å²) in [7, 11) is -3.83. The average molecular weight is 472 g/mol. The van der Waals surface area contributed by atoms with E-state index in [1.807, 2.05) is 29.2 Å². The monoisotopic (exact) mass is 471 g/mol. The molecule has 11 heteroatoms. The van der Waals surface area contributed by atoms with E-state index in [0.717, 1.165) is 18.1 Å². The lowest BCUT2D eigenvalue weighted by Crippen LogP contribution is -2.48. The lowest BCUT2D eigenvalue weighted by molar-refractivity contribution is -0.385. The summed E-state index contributed by atoms with van der Waals surface area (Å²) < 4.78 is 33.0. The highest BCUT2D eigenvalue weighted by Gasteiger charge is 2.31. The van der Waals surface area contributed by atoms with Gasteiger partial charge in [-0.2, -0.15) is 9.29 Å². The molecule has 1 aromatic heterocycles. The number of sulfonamides is 1. The average Bonchev–Trinajstić information content (AvgIpc) is 3.28. The predicted molar refractivity (Wildman–Crippen MR) is 121 cm³/mol. The smallest absolute Gasteiger partial charge is 0.270 e. The first-order chi connectivity index (χ1) is 15.8. The summed E-state index contributed by atoms with van der Waals surface area (Å²) in [5.41, 5.74) is 2.35. The van der Waals surface area contributed by atoms with Crippen LogP contribution in [0.1, 0.15) is 23.9 Å². The SMILES string of the molecule is CCc1ccc(-c2noc(CN3CCN(S(=O)(=O)c4cc([N+](=O)[O-])ccc4C)CC3)n2)cc1. The number of benzene rings is 2. The number of piperazine rings is 1. The van der Waals surface area contributed by atoms with Crippen LogP contribution in [0, 0.1) is 17.0 Å². The first kappa shape index (κ1) is 23.0. The Bertz CT molecular complexity index is 1250. The van der Waals surface area contributed by atoms with Gasteiger partial charge in [-0.15, -0.1) is 0 Å². The topological polar surface area (TPSA) is 123 Å². The van der Waals surface area contributed by atoms with Gasteiger partial charge in [0, 0.05) is 43.9 Å². The van der Waals surface area contributed by atoms with Crippen LogP contribution >= 0.6 is 0 Å². The van der Waals surface area contributed by atoms with Crippen molar-refractivity contribution in [1.82, 2.24) is 19.3 Å². The summed E-state index contributed by atoms with van der Waals surface area (Å²) in [6.07, 6.45) is 0.959. The quantitative estimate of drug-likeness (QED) is 0.381. The lowest BCUT2D eigenvalue weighted by Gasteiger charge is -2.33. The van der Waals surface area contributed by atoms with E-state index in [-0.39, 0.29) is 23.7 Å². The standard InChI is InChI=1S/C22H25N5O5S/c1-3-17-5-7-18(8-6-17)22-23-21(32-24-22)15-25-10-12-26(13-11-25)33(30,31)20-14-19(27(28)29)9-4-16(20)2/h4-9,14H,3,10-13,15H2,1-2H3. The summed E-state index contributed by atoms with van der Waals surface area (Å²) in [5, 5.41) is 15.1. The minimum atomic E-state index is -3.83. The van der Waals surface area contributed by atoms with Gasteiger partial charge in [0.05, 0.1) is 16.4 Å². The van der Waals surface area contributed by atoms with Crippen molar-refractivity contribution >= 4 is 15.7 Å². The maximum Gasteiger partial charge on any atom is 0.270 e.